The van der Waals surface area contributed by atoms with E-state index >= 15 is 0 Å². The number of carbonyl (C=O) groups is 1. The molecule has 4 heteroatoms. The first kappa shape index (κ1) is 12.2. The molecule has 1 saturated heterocycles. The van der Waals surface area contributed by atoms with Crippen LogP contribution in [0.1, 0.15) is 43.5 Å². The minimum Gasteiger partial charge on any atom is -0.333 e. The summed E-state index contributed by atoms with van der Waals surface area (Å²) in [5, 5.41) is 7.95. The number of benzene rings is 1. The van der Waals surface area contributed by atoms with Crippen molar-refractivity contribution in [2.45, 2.75) is 45.2 Å². The molecular formula is C15H19N3O. The molecule has 1 aliphatic heterocycles. The molecule has 2 heterocycles. The third kappa shape index (κ3) is 2.11. The first-order valence-electron chi connectivity index (χ1n) is 6.92. The maximum absolute atomic E-state index is 12.7. The van der Waals surface area contributed by atoms with E-state index in [1.807, 2.05) is 23.1 Å². The second kappa shape index (κ2) is 4.68. The smallest absolute Gasteiger partial charge is 0.254 e. The number of fused-ring (bicyclic) bond motifs is 1. The van der Waals surface area contributed by atoms with Crippen molar-refractivity contribution in [3.63, 3.8) is 0 Å². The van der Waals surface area contributed by atoms with E-state index in [-0.39, 0.29) is 5.91 Å². The minimum atomic E-state index is 0.135. The van der Waals surface area contributed by atoms with Gasteiger partial charge in [-0.05, 0) is 45.2 Å². The number of piperidine rings is 1. The molecule has 1 amide bonds. The number of nitrogens with one attached hydrogen (secondary N) is 1. The van der Waals surface area contributed by atoms with E-state index in [9.17, 15) is 4.79 Å². The van der Waals surface area contributed by atoms with Crippen LogP contribution in [0.2, 0.25) is 0 Å². The maximum atomic E-state index is 12.7. The zero-order valence-electron chi connectivity index (χ0n) is 11.4. The van der Waals surface area contributed by atoms with Crippen LogP contribution in [0, 0.1) is 0 Å². The van der Waals surface area contributed by atoms with E-state index < -0.39 is 0 Å². The van der Waals surface area contributed by atoms with Crippen LogP contribution in [0.25, 0.3) is 10.9 Å². The average molecular weight is 257 g/mol. The number of aromatic nitrogens is 2. The molecule has 2 atom stereocenters. The first-order chi connectivity index (χ1) is 9.16. The summed E-state index contributed by atoms with van der Waals surface area (Å²) in [6, 6.07) is 6.40. The van der Waals surface area contributed by atoms with Gasteiger partial charge in [0.15, 0.2) is 0 Å². The largest absolute Gasteiger partial charge is 0.333 e. The Morgan fingerprint density at radius 1 is 1.32 bits per heavy atom. The molecule has 0 aliphatic carbocycles. The number of rotatable bonds is 1. The summed E-state index contributed by atoms with van der Waals surface area (Å²) in [6.45, 7) is 4.28. The SMILES string of the molecule is CC1CCCC(C)N1C(=O)c1ccc2cn[nH]c2c1. The summed E-state index contributed by atoms with van der Waals surface area (Å²) in [5.41, 5.74) is 1.67. The quantitative estimate of drug-likeness (QED) is 0.853. The Kier molecular flexibility index (Phi) is 3.01. The van der Waals surface area contributed by atoms with Crippen molar-refractivity contribution in [3.8, 4) is 0 Å². The van der Waals surface area contributed by atoms with E-state index in [1.54, 1.807) is 6.20 Å². The van der Waals surface area contributed by atoms with Gasteiger partial charge in [-0.3, -0.25) is 9.89 Å². The summed E-state index contributed by atoms with van der Waals surface area (Å²) in [6.07, 6.45) is 5.19. The molecule has 0 spiro atoms. The van der Waals surface area contributed by atoms with Gasteiger partial charge < -0.3 is 4.90 Å². The third-order valence-corrected chi connectivity index (χ3v) is 4.12. The fourth-order valence-electron chi connectivity index (χ4n) is 3.04. The van der Waals surface area contributed by atoms with Crippen LogP contribution in [-0.4, -0.2) is 33.1 Å². The highest BCUT2D eigenvalue weighted by molar-refractivity contribution is 5.98. The van der Waals surface area contributed by atoms with E-state index in [0.29, 0.717) is 12.1 Å². The van der Waals surface area contributed by atoms with Gasteiger partial charge in [0.1, 0.15) is 0 Å². The van der Waals surface area contributed by atoms with E-state index in [2.05, 4.69) is 24.0 Å². The van der Waals surface area contributed by atoms with Crippen LogP contribution in [0.5, 0.6) is 0 Å². The molecule has 2 aromatic rings. The van der Waals surface area contributed by atoms with Crippen LogP contribution in [0.4, 0.5) is 0 Å². The monoisotopic (exact) mass is 257 g/mol. The normalized spacial score (nSPS) is 23.8. The molecule has 1 aliphatic rings. The number of amides is 1. The molecule has 1 aromatic carbocycles. The Labute approximate surface area is 112 Å². The standard InChI is InChI=1S/C15H19N3O/c1-10-4-3-5-11(2)18(10)15(19)12-6-7-13-9-16-17-14(13)8-12/h6-11H,3-5H2,1-2H3,(H,16,17). The molecule has 0 bridgehead atoms. The molecule has 100 valence electrons. The summed E-state index contributed by atoms with van der Waals surface area (Å²) >= 11 is 0. The lowest BCUT2D eigenvalue weighted by Gasteiger charge is -2.39. The molecule has 0 radical (unpaired) electrons. The van der Waals surface area contributed by atoms with E-state index in [0.717, 1.165) is 29.3 Å². The number of carbonyl (C=O) groups excluding carboxylic acids is 1. The number of likely N-dealkylation sites (tertiary alicyclic amines) is 1. The van der Waals surface area contributed by atoms with Crippen molar-refractivity contribution in [2.24, 2.45) is 0 Å². The fourth-order valence-corrected chi connectivity index (χ4v) is 3.04. The highest BCUT2D eigenvalue weighted by Gasteiger charge is 2.29. The third-order valence-electron chi connectivity index (χ3n) is 4.12. The number of nitrogens with zero attached hydrogens (tertiary/aromatic N) is 2. The van der Waals surface area contributed by atoms with Gasteiger partial charge in [0.25, 0.3) is 5.91 Å². The maximum Gasteiger partial charge on any atom is 0.254 e. The van der Waals surface area contributed by atoms with Crippen molar-refractivity contribution in [2.75, 3.05) is 0 Å². The number of aromatic amines is 1. The van der Waals surface area contributed by atoms with Crippen molar-refractivity contribution in [3.05, 3.63) is 30.0 Å². The van der Waals surface area contributed by atoms with Crippen molar-refractivity contribution < 1.29 is 4.79 Å². The highest BCUT2D eigenvalue weighted by Crippen LogP contribution is 2.25. The predicted octanol–water partition coefficient (Wildman–Crippen LogP) is 2.97. The molecule has 0 saturated carbocycles. The first-order valence-corrected chi connectivity index (χ1v) is 6.92. The van der Waals surface area contributed by atoms with Crippen LogP contribution in [-0.2, 0) is 0 Å². The highest BCUT2D eigenvalue weighted by atomic mass is 16.2. The van der Waals surface area contributed by atoms with Crippen LogP contribution in [0.15, 0.2) is 24.4 Å². The molecule has 1 aromatic heterocycles. The topological polar surface area (TPSA) is 49.0 Å². The fraction of sp³-hybridized carbons (Fsp3) is 0.467. The van der Waals surface area contributed by atoms with E-state index in [4.69, 9.17) is 0 Å². The molecule has 4 nitrogen and oxygen atoms in total. The molecule has 1 N–H and O–H groups in total. The lowest BCUT2D eigenvalue weighted by molar-refractivity contribution is 0.0511. The average Bonchev–Trinajstić information content (AvgIpc) is 2.85. The molecule has 19 heavy (non-hydrogen) atoms. The number of hydrogen-bond acceptors (Lipinski definition) is 2. The van der Waals surface area contributed by atoms with Gasteiger partial charge in [0.05, 0.1) is 11.7 Å². The zero-order valence-corrected chi connectivity index (χ0v) is 11.4. The van der Waals surface area contributed by atoms with Gasteiger partial charge in [-0.1, -0.05) is 6.07 Å². The van der Waals surface area contributed by atoms with Gasteiger partial charge in [-0.2, -0.15) is 5.10 Å². The van der Waals surface area contributed by atoms with Gasteiger partial charge in [-0.25, -0.2) is 0 Å². The molecule has 1 fully saturated rings. The van der Waals surface area contributed by atoms with Gasteiger partial charge >= 0.3 is 0 Å². The Bertz CT molecular complexity index is 594. The second-order valence-corrected chi connectivity index (χ2v) is 5.51. The predicted molar refractivity (Wildman–Crippen MR) is 75.0 cm³/mol. The summed E-state index contributed by atoms with van der Waals surface area (Å²) in [4.78, 5) is 14.7. The van der Waals surface area contributed by atoms with Crippen LogP contribution in [0.3, 0.4) is 0 Å². The van der Waals surface area contributed by atoms with Crippen molar-refractivity contribution in [1.82, 2.24) is 15.1 Å². The lowest BCUT2D eigenvalue weighted by Crippen LogP contribution is -2.47. The Balaban J connectivity index is 1.93. The summed E-state index contributed by atoms with van der Waals surface area (Å²) < 4.78 is 0. The van der Waals surface area contributed by atoms with Crippen molar-refractivity contribution >= 4 is 16.8 Å². The lowest BCUT2D eigenvalue weighted by atomic mass is 9.96. The van der Waals surface area contributed by atoms with Gasteiger partial charge in [0.2, 0.25) is 0 Å². The molecular weight excluding hydrogens is 238 g/mol. The van der Waals surface area contributed by atoms with Gasteiger partial charge in [0, 0.05) is 23.0 Å². The van der Waals surface area contributed by atoms with Crippen molar-refractivity contribution in [1.29, 1.82) is 0 Å². The summed E-state index contributed by atoms with van der Waals surface area (Å²) in [5.74, 6) is 0.135. The minimum absolute atomic E-state index is 0.135. The second-order valence-electron chi connectivity index (χ2n) is 5.51. The Morgan fingerprint density at radius 2 is 2.05 bits per heavy atom. The molecule has 2 unspecified atom stereocenters. The zero-order chi connectivity index (χ0) is 13.4. The number of hydrogen-bond donors (Lipinski definition) is 1. The van der Waals surface area contributed by atoms with E-state index in [1.165, 1.54) is 6.42 Å². The number of H-pyrrole nitrogens is 1. The van der Waals surface area contributed by atoms with Gasteiger partial charge in [-0.15, -0.1) is 0 Å². The molecule has 3 rings (SSSR count). The van der Waals surface area contributed by atoms with Crippen LogP contribution < -0.4 is 0 Å². The summed E-state index contributed by atoms with van der Waals surface area (Å²) in [7, 11) is 0. The van der Waals surface area contributed by atoms with Crippen LogP contribution >= 0.6 is 0 Å². The Morgan fingerprint density at radius 3 is 2.79 bits per heavy atom. The Hall–Kier alpha value is -1.84.